The predicted molar refractivity (Wildman–Crippen MR) is 78.2 cm³/mol. The number of carbonyl (C=O) groups excluding carboxylic acids is 2. The molecule has 114 valence electrons. The molecule has 0 fully saturated rings. The topological polar surface area (TPSA) is 89.0 Å². The van der Waals surface area contributed by atoms with Crippen molar-refractivity contribution >= 4 is 18.0 Å². The molecule has 0 aliphatic heterocycles. The van der Waals surface area contributed by atoms with Crippen LogP contribution in [-0.2, 0) is 14.3 Å². The largest absolute Gasteiger partial charge is 0.496 e. The molecule has 0 spiro atoms. The van der Waals surface area contributed by atoms with Gasteiger partial charge in [-0.15, -0.1) is 0 Å². The summed E-state index contributed by atoms with van der Waals surface area (Å²) in [5.41, 5.74) is 3.01. The highest BCUT2D eigenvalue weighted by atomic mass is 16.5. The van der Waals surface area contributed by atoms with Gasteiger partial charge in [-0.3, -0.25) is 9.59 Å². The number of para-hydroxylation sites is 1. The Hall–Kier alpha value is -2.41. The monoisotopic (exact) mass is 293 g/mol. The minimum atomic E-state index is -0.490. The number of hydrazone groups is 1. The maximum atomic E-state index is 11.5. The van der Waals surface area contributed by atoms with Crippen LogP contribution in [-0.4, -0.2) is 45.4 Å². The average molecular weight is 293 g/mol. The van der Waals surface area contributed by atoms with Gasteiger partial charge in [0, 0.05) is 19.2 Å². The minimum Gasteiger partial charge on any atom is -0.496 e. The third-order valence-corrected chi connectivity index (χ3v) is 2.48. The zero-order valence-electron chi connectivity index (χ0n) is 12.1. The normalized spacial score (nSPS) is 10.4. The zero-order valence-corrected chi connectivity index (χ0v) is 12.1. The highest BCUT2D eigenvalue weighted by Gasteiger charge is 2.07. The Balaban J connectivity index is 2.38. The van der Waals surface area contributed by atoms with Crippen LogP contribution in [0.4, 0.5) is 0 Å². The highest BCUT2D eigenvalue weighted by molar-refractivity contribution is 5.97. The van der Waals surface area contributed by atoms with Crippen molar-refractivity contribution in [2.45, 2.75) is 6.42 Å². The van der Waals surface area contributed by atoms with Crippen molar-refractivity contribution in [2.24, 2.45) is 5.10 Å². The van der Waals surface area contributed by atoms with Gasteiger partial charge in [0.05, 0.1) is 19.9 Å². The molecule has 1 rings (SSSR count). The van der Waals surface area contributed by atoms with Crippen molar-refractivity contribution in [1.82, 2.24) is 10.7 Å². The molecule has 0 radical (unpaired) electrons. The fourth-order valence-corrected chi connectivity index (χ4v) is 1.49. The van der Waals surface area contributed by atoms with Crippen LogP contribution in [0.15, 0.2) is 29.4 Å². The van der Waals surface area contributed by atoms with Crippen molar-refractivity contribution in [3.8, 4) is 5.75 Å². The van der Waals surface area contributed by atoms with Crippen LogP contribution in [0.2, 0.25) is 0 Å². The summed E-state index contributed by atoms with van der Waals surface area (Å²) in [6.07, 6.45) is 1.17. The van der Waals surface area contributed by atoms with Gasteiger partial charge in [-0.1, -0.05) is 12.1 Å². The molecule has 0 unspecified atom stereocenters. The third-order valence-electron chi connectivity index (χ3n) is 2.48. The van der Waals surface area contributed by atoms with E-state index < -0.39 is 5.91 Å². The standard InChI is InChI=1S/C14H19N3O4/c1-20-8-7-15-13(18)9-14(19)17-16-10-11-5-3-4-6-12(11)21-2/h3-6,10H,7-9H2,1-2H3,(H,15,18)(H,17,19)/b16-10+. The van der Waals surface area contributed by atoms with Crippen LogP contribution in [0.1, 0.15) is 12.0 Å². The Labute approximate surface area is 123 Å². The molecular weight excluding hydrogens is 274 g/mol. The third kappa shape index (κ3) is 6.53. The second kappa shape index (κ2) is 9.49. The summed E-state index contributed by atoms with van der Waals surface area (Å²) >= 11 is 0. The number of benzene rings is 1. The van der Waals surface area contributed by atoms with Gasteiger partial charge < -0.3 is 14.8 Å². The number of ether oxygens (including phenoxy) is 2. The first-order valence-electron chi connectivity index (χ1n) is 6.38. The van der Waals surface area contributed by atoms with Crippen LogP contribution in [0.5, 0.6) is 5.75 Å². The van der Waals surface area contributed by atoms with Crippen LogP contribution in [0, 0.1) is 0 Å². The quantitative estimate of drug-likeness (QED) is 0.312. The van der Waals surface area contributed by atoms with E-state index in [1.54, 1.807) is 19.2 Å². The maximum absolute atomic E-state index is 11.5. The van der Waals surface area contributed by atoms with Crippen molar-refractivity contribution in [1.29, 1.82) is 0 Å². The lowest BCUT2D eigenvalue weighted by molar-refractivity contribution is -0.129. The summed E-state index contributed by atoms with van der Waals surface area (Å²) in [6.45, 7) is 0.770. The van der Waals surface area contributed by atoms with E-state index in [4.69, 9.17) is 9.47 Å². The summed E-state index contributed by atoms with van der Waals surface area (Å²) in [5, 5.41) is 6.33. The Kier molecular flexibility index (Phi) is 7.52. The molecule has 2 amide bonds. The first kappa shape index (κ1) is 16.6. The van der Waals surface area contributed by atoms with Gasteiger partial charge in [-0.2, -0.15) is 5.10 Å². The lowest BCUT2D eigenvalue weighted by atomic mass is 10.2. The van der Waals surface area contributed by atoms with Gasteiger partial charge in [0.15, 0.2) is 0 Å². The molecule has 1 aromatic rings. The van der Waals surface area contributed by atoms with Crippen molar-refractivity contribution in [3.63, 3.8) is 0 Å². The fraction of sp³-hybridized carbons (Fsp3) is 0.357. The van der Waals surface area contributed by atoms with Gasteiger partial charge in [0.1, 0.15) is 12.2 Å². The van der Waals surface area contributed by atoms with E-state index in [1.165, 1.54) is 13.3 Å². The van der Waals surface area contributed by atoms with Crippen molar-refractivity contribution in [2.75, 3.05) is 27.4 Å². The second-order valence-electron chi connectivity index (χ2n) is 4.05. The van der Waals surface area contributed by atoms with E-state index in [0.717, 1.165) is 5.56 Å². The highest BCUT2D eigenvalue weighted by Crippen LogP contribution is 2.14. The molecule has 0 aromatic heterocycles. The summed E-state index contributed by atoms with van der Waals surface area (Å²) in [7, 11) is 3.08. The summed E-state index contributed by atoms with van der Waals surface area (Å²) in [5.74, 6) is -0.221. The fourth-order valence-electron chi connectivity index (χ4n) is 1.49. The Bertz CT molecular complexity index is 503. The molecule has 1 aromatic carbocycles. The van der Waals surface area contributed by atoms with Crippen LogP contribution in [0.3, 0.4) is 0 Å². The number of hydrogen-bond donors (Lipinski definition) is 2. The number of amides is 2. The van der Waals surface area contributed by atoms with Gasteiger partial charge in [-0.05, 0) is 12.1 Å². The van der Waals surface area contributed by atoms with Crippen LogP contribution in [0.25, 0.3) is 0 Å². The summed E-state index contributed by atoms with van der Waals surface area (Å²) in [6, 6.07) is 7.24. The minimum absolute atomic E-state index is 0.285. The second-order valence-corrected chi connectivity index (χ2v) is 4.05. The van der Waals surface area contributed by atoms with Gasteiger partial charge >= 0.3 is 0 Å². The molecule has 0 saturated heterocycles. The lowest BCUT2D eigenvalue weighted by Crippen LogP contribution is -2.31. The molecule has 7 nitrogen and oxygen atoms in total. The number of nitrogens with zero attached hydrogens (tertiary/aromatic N) is 1. The van der Waals surface area contributed by atoms with Crippen molar-refractivity contribution < 1.29 is 19.1 Å². The van der Waals surface area contributed by atoms with Gasteiger partial charge in [0.25, 0.3) is 0 Å². The molecule has 0 saturated carbocycles. The molecule has 0 aliphatic rings. The summed E-state index contributed by atoms with van der Waals surface area (Å²) in [4.78, 5) is 22.8. The van der Waals surface area contributed by atoms with Crippen molar-refractivity contribution in [3.05, 3.63) is 29.8 Å². The SMILES string of the molecule is COCCNC(=O)CC(=O)N/N=C/c1ccccc1OC. The molecular formula is C14H19N3O4. The number of carbonyl (C=O) groups is 2. The number of hydrogen-bond acceptors (Lipinski definition) is 5. The van der Waals surface area contributed by atoms with Crippen LogP contribution >= 0.6 is 0 Å². The maximum Gasteiger partial charge on any atom is 0.249 e. The average Bonchev–Trinajstić information content (AvgIpc) is 2.48. The van der Waals surface area contributed by atoms with Gasteiger partial charge in [0.2, 0.25) is 11.8 Å². The van der Waals surface area contributed by atoms with Crippen LogP contribution < -0.4 is 15.5 Å². The van der Waals surface area contributed by atoms with E-state index in [-0.39, 0.29) is 12.3 Å². The smallest absolute Gasteiger partial charge is 0.249 e. The first-order chi connectivity index (χ1) is 10.2. The number of methoxy groups -OCH3 is 2. The molecule has 0 heterocycles. The molecule has 0 aliphatic carbocycles. The van der Waals surface area contributed by atoms with E-state index in [2.05, 4.69) is 15.8 Å². The number of rotatable bonds is 8. The Morgan fingerprint density at radius 3 is 2.71 bits per heavy atom. The molecule has 2 N–H and O–H groups in total. The van der Waals surface area contributed by atoms with E-state index in [9.17, 15) is 9.59 Å². The lowest BCUT2D eigenvalue weighted by Gasteiger charge is -2.04. The van der Waals surface area contributed by atoms with E-state index >= 15 is 0 Å². The zero-order chi connectivity index (χ0) is 15.5. The Morgan fingerprint density at radius 1 is 1.24 bits per heavy atom. The van der Waals surface area contributed by atoms with E-state index in [0.29, 0.717) is 18.9 Å². The predicted octanol–water partition coefficient (Wildman–Crippen LogP) is 0.298. The first-order valence-corrected chi connectivity index (χ1v) is 6.38. The summed E-state index contributed by atoms with van der Waals surface area (Å²) < 4.78 is 9.92. The van der Waals surface area contributed by atoms with E-state index in [1.807, 2.05) is 12.1 Å². The molecule has 21 heavy (non-hydrogen) atoms. The molecule has 0 bridgehead atoms. The van der Waals surface area contributed by atoms with Gasteiger partial charge in [-0.25, -0.2) is 5.43 Å². The number of nitrogens with one attached hydrogen (secondary N) is 2. The molecule has 0 atom stereocenters. The Morgan fingerprint density at radius 2 is 2.00 bits per heavy atom. The molecule has 7 heteroatoms.